The zero-order valence-corrected chi connectivity index (χ0v) is 12.6. The van der Waals surface area contributed by atoms with Crippen molar-refractivity contribution in [2.75, 3.05) is 13.1 Å². The van der Waals surface area contributed by atoms with Gasteiger partial charge in [0.2, 0.25) is 0 Å². The summed E-state index contributed by atoms with van der Waals surface area (Å²) in [7, 11) is 0. The van der Waals surface area contributed by atoms with Crippen molar-refractivity contribution in [1.82, 2.24) is 15.1 Å². The lowest BCUT2D eigenvalue weighted by molar-refractivity contribution is 0.0528. The summed E-state index contributed by atoms with van der Waals surface area (Å²) < 4.78 is 0. The lowest BCUT2D eigenvalue weighted by atomic mass is 9.90. The molecule has 1 fully saturated rings. The van der Waals surface area contributed by atoms with Crippen molar-refractivity contribution in [3.8, 4) is 0 Å². The molecule has 5 heteroatoms. The zero-order chi connectivity index (χ0) is 15.0. The number of carbonyl (C=O) groups excluding carboxylic acids is 1. The van der Waals surface area contributed by atoms with E-state index >= 15 is 0 Å². The van der Waals surface area contributed by atoms with Crippen molar-refractivity contribution in [3.05, 3.63) is 29.5 Å². The number of nitrogens with two attached hydrogens (primary N) is 1. The second-order valence-corrected chi connectivity index (χ2v) is 6.04. The molecule has 1 aliphatic heterocycles. The molecule has 1 saturated heterocycles. The highest BCUT2D eigenvalue weighted by molar-refractivity contribution is 6.05. The number of H-pyrrole nitrogens is 1. The molecule has 5 nitrogen and oxygen atoms in total. The Hall–Kier alpha value is -1.88. The van der Waals surface area contributed by atoms with Crippen LogP contribution in [0.25, 0.3) is 10.9 Å². The Labute approximate surface area is 124 Å². The van der Waals surface area contributed by atoms with E-state index in [0.29, 0.717) is 18.2 Å². The summed E-state index contributed by atoms with van der Waals surface area (Å²) >= 11 is 0. The standard InChI is InChI=1S/C16H22N4O/c1-10-5-6-13-12(8-10)15(19-18-13)16(21)20-7-3-4-11(2)14(20)9-17/h5-6,8,11,14H,3-4,7,9,17H2,1-2H3,(H,18,19)/t11-,14+/m0/s1. The fourth-order valence-electron chi connectivity index (χ4n) is 3.29. The average molecular weight is 286 g/mol. The summed E-state index contributed by atoms with van der Waals surface area (Å²) in [5.41, 5.74) is 8.43. The van der Waals surface area contributed by atoms with Crippen LogP contribution < -0.4 is 5.73 Å². The molecular weight excluding hydrogens is 264 g/mol. The van der Waals surface area contributed by atoms with Crippen molar-refractivity contribution in [3.63, 3.8) is 0 Å². The smallest absolute Gasteiger partial charge is 0.275 e. The minimum atomic E-state index is -0.00569. The lowest BCUT2D eigenvalue weighted by Gasteiger charge is -2.39. The molecule has 0 aliphatic carbocycles. The van der Waals surface area contributed by atoms with Gasteiger partial charge in [0.25, 0.3) is 5.91 Å². The van der Waals surface area contributed by atoms with E-state index in [1.54, 1.807) is 0 Å². The van der Waals surface area contributed by atoms with Crippen molar-refractivity contribution in [2.24, 2.45) is 11.7 Å². The van der Waals surface area contributed by atoms with Crippen molar-refractivity contribution >= 4 is 16.8 Å². The van der Waals surface area contributed by atoms with Crippen LogP contribution in [0.1, 0.15) is 35.8 Å². The number of hydrogen-bond donors (Lipinski definition) is 2. The van der Waals surface area contributed by atoms with Crippen LogP contribution in [0.4, 0.5) is 0 Å². The van der Waals surface area contributed by atoms with Gasteiger partial charge in [0.05, 0.1) is 5.52 Å². The van der Waals surface area contributed by atoms with Crippen LogP contribution >= 0.6 is 0 Å². The van der Waals surface area contributed by atoms with Crippen LogP contribution in [-0.4, -0.2) is 40.1 Å². The van der Waals surface area contributed by atoms with Gasteiger partial charge in [-0.3, -0.25) is 9.89 Å². The first-order valence-corrected chi connectivity index (χ1v) is 7.57. The second-order valence-electron chi connectivity index (χ2n) is 6.04. The quantitative estimate of drug-likeness (QED) is 0.887. The molecule has 112 valence electrons. The number of benzene rings is 1. The Morgan fingerprint density at radius 3 is 3.10 bits per heavy atom. The molecule has 1 aliphatic rings. The van der Waals surface area contributed by atoms with Crippen LogP contribution in [0.2, 0.25) is 0 Å². The lowest BCUT2D eigenvalue weighted by Crippen LogP contribution is -2.51. The third-order valence-corrected chi connectivity index (χ3v) is 4.54. The number of rotatable bonds is 2. The van der Waals surface area contributed by atoms with Gasteiger partial charge in [-0.15, -0.1) is 0 Å². The molecule has 2 atom stereocenters. The van der Waals surface area contributed by atoms with Crippen LogP contribution in [0.15, 0.2) is 18.2 Å². The van der Waals surface area contributed by atoms with Gasteiger partial charge >= 0.3 is 0 Å². The molecule has 1 aromatic heterocycles. The summed E-state index contributed by atoms with van der Waals surface area (Å²) in [6.07, 6.45) is 2.16. The molecule has 0 bridgehead atoms. The van der Waals surface area contributed by atoms with Gasteiger partial charge in [-0.05, 0) is 37.8 Å². The van der Waals surface area contributed by atoms with Crippen LogP contribution in [0, 0.1) is 12.8 Å². The third kappa shape index (κ3) is 2.42. The number of likely N-dealkylation sites (tertiary alicyclic amines) is 1. The zero-order valence-electron chi connectivity index (χ0n) is 12.6. The first kappa shape index (κ1) is 14.1. The molecule has 21 heavy (non-hydrogen) atoms. The monoisotopic (exact) mass is 286 g/mol. The van der Waals surface area contributed by atoms with Gasteiger partial charge in [0.15, 0.2) is 5.69 Å². The Kier molecular flexibility index (Phi) is 3.68. The minimum Gasteiger partial charge on any atom is -0.333 e. The van der Waals surface area contributed by atoms with E-state index in [9.17, 15) is 4.79 Å². The maximum Gasteiger partial charge on any atom is 0.275 e. The Morgan fingerprint density at radius 2 is 2.33 bits per heavy atom. The summed E-state index contributed by atoms with van der Waals surface area (Å²) in [6.45, 7) is 5.47. The predicted octanol–water partition coefficient (Wildman–Crippen LogP) is 2.07. The number of hydrogen-bond acceptors (Lipinski definition) is 3. The normalized spacial score (nSPS) is 22.7. The summed E-state index contributed by atoms with van der Waals surface area (Å²) in [4.78, 5) is 14.8. The molecule has 1 aromatic carbocycles. The number of aromatic amines is 1. The fraction of sp³-hybridized carbons (Fsp3) is 0.500. The predicted molar refractivity (Wildman–Crippen MR) is 83.1 cm³/mol. The third-order valence-electron chi connectivity index (χ3n) is 4.54. The van der Waals surface area contributed by atoms with E-state index in [1.165, 1.54) is 0 Å². The second kappa shape index (κ2) is 5.48. The number of nitrogens with one attached hydrogen (secondary N) is 1. The molecule has 0 spiro atoms. The molecule has 2 aromatic rings. The molecule has 0 unspecified atom stereocenters. The van der Waals surface area contributed by atoms with E-state index in [2.05, 4.69) is 17.1 Å². The molecule has 3 N–H and O–H groups in total. The average Bonchev–Trinajstić information content (AvgIpc) is 2.89. The van der Waals surface area contributed by atoms with Crippen molar-refractivity contribution in [2.45, 2.75) is 32.7 Å². The highest BCUT2D eigenvalue weighted by atomic mass is 16.2. The van der Waals surface area contributed by atoms with E-state index in [1.807, 2.05) is 30.0 Å². The van der Waals surface area contributed by atoms with Gasteiger partial charge in [0, 0.05) is 24.5 Å². The number of amides is 1. The first-order chi connectivity index (χ1) is 10.1. The number of aromatic nitrogens is 2. The number of piperidine rings is 1. The van der Waals surface area contributed by atoms with Crippen molar-refractivity contribution < 1.29 is 4.79 Å². The Balaban J connectivity index is 1.97. The fourth-order valence-corrected chi connectivity index (χ4v) is 3.29. The minimum absolute atomic E-state index is 0.00569. The van der Waals surface area contributed by atoms with E-state index in [-0.39, 0.29) is 11.9 Å². The summed E-state index contributed by atoms with van der Waals surface area (Å²) in [5, 5.41) is 8.10. The largest absolute Gasteiger partial charge is 0.333 e. The van der Waals surface area contributed by atoms with E-state index < -0.39 is 0 Å². The molecular formula is C16H22N4O. The van der Waals surface area contributed by atoms with Gasteiger partial charge in [-0.1, -0.05) is 18.6 Å². The summed E-state index contributed by atoms with van der Waals surface area (Å²) in [6, 6.07) is 6.10. The molecule has 0 radical (unpaired) electrons. The van der Waals surface area contributed by atoms with E-state index in [4.69, 9.17) is 5.73 Å². The van der Waals surface area contributed by atoms with Crippen LogP contribution in [0.3, 0.4) is 0 Å². The highest BCUT2D eigenvalue weighted by Gasteiger charge is 2.32. The number of aryl methyl sites for hydroxylation is 1. The number of fused-ring (bicyclic) bond motifs is 1. The summed E-state index contributed by atoms with van der Waals surface area (Å²) in [5.74, 6) is 0.438. The van der Waals surface area contributed by atoms with Crippen LogP contribution in [0.5, 0.6) is 0 Å². The molecule has 1 amide bonds. The van der Waals surface area contributed by atoms with Crippen molar-refractivity contribution in [1.29, 1.82) is 0 Å². The van der Waals surface area contributed by atoms with Crippen LogP contribution in [-0.2, 0) is 0 Å². The number of carbonyl (C=O) groups is 1. The first-order valence-electron chi connectivity index (χ1n) is 7.57. The highest BCUT2D eigenvalue weighted by Crippen LogP contribution is 2.26. The topological polar surface area (TPSA) is 75.0 Å². The maximum absolute atomic E-state index is 12.9. The maximum atomic E-state index is 12.9. The Morgan fingerprint density at radius 1 is 1.52 bits per heavy atom. The molecule has 2 heterocycles. The molecule has 3 rings (SSSR count). The molecule has 0 saturated carbocycles. The number of nitrogens with zero attached hydrogens (tertiary/aromatic N) is 2. The SMILES string of the molecule is Cc1ccc2[nH]nc(C(=O)N3CCC[C@H](C)[C@H]3CN)c2c1. The Bertz CT molecular complexity index is 663. The van der Waals surface area contributed by atoms with Gasteiger partial charge < -0.3 is 10.6 Å². The van der Waals surface area contributed by atoms with Gasteiger partial charge in [-0.25, -0.2) is 0 Å². The van der Waals surface area contributed by atoms with E-state index in [0.717, 1.165) is 35.9 Å². The van der Waals surface area contributed by atoms with Gasteiger partial charge in [-0.2, -0.15) is 5.10 Å². The van der Waals surface area contributed by atoms with Gasteiger partial charge in [0.1, 0.15) is 0 Å².